The van der Waals surface area contributed by atoms with Crippen molar-refractivity contribution >= 4 is 0 Å². The molecule has 0 aromatic heterocycles. The van der Waals surface area contributed by atoms with E-state index in [-0.39, 0.29) is 5.56 Å². The van der Waals surface area contributed by atoms with Crippen molar-refractivity contribution in [2.75, 3.05) is 0 Å². The fourth-order valence-electron chi connectivity index (χ4n) is 1.76. The fourth-order valence-corrected chi connectivity index (χ4v) is 1.76. The van der Waals surface area contributed by atoms with Crippen LogP contribution in [0.3, 0.4) is 0 Å². The third-order valence-corrected chi connectivity index (χ3v) is 2.80. The van der Waals surface area contributed by atoms with Gasteiger partial charge in [0.2, 0.25) is 0 Å². The van der Waals surface area contributed by atoms with Crippen LogP contribution in [0.2, 0.25) is 0 Å². The van der Waals surface area contributed by atoms with Gasteiger partial charge in [-0.2, -0.15) is 18.4 Å². The molecule has 0 bridgehead atoms. The number of hydrogen-bond acceptors (Lipinski definition) is 2. The Bertz CT molecular complexity index is 846. The highest BCUT2D eigenvalue weighted by molar-refractivity contribution is 5.51. The number of rotatable bonds is 0. The van der Waals surface area contributed by atoms with E-state index in [9.17, 15) is 22.0 Å². The molecule has 1 N–H and O–H groups in total. The SMILES string of the molecule is N#Cc1cc(F)c(C#Cc2ccc(O)cc2C(F)(F)F)c(F)c1. The van der Waals surface area contributed by atoms with Crippen LogP contribution in [0.25, 0.3) is 0 Å². The van der Waals surface area contributed by atoms with Gasteiger partial charge in [0.25, 0.3) is 0 Å². The predicted molar refractivity (Wildman–Crippen MR) is 70.2 cm³/mol. The molecule has 0 saturated carbocycles. The van der Waals surface area contributed by atoms with E-state index in [1.165, 1.54) is 0 Å². The lowest BCUT2D eigenvalue weighted by molar-refractivity contribution is -0.137. The van der Waals surface area contributed by atoms with Crippen LogP contribution in [0.4, 0.5) is 22.0 Å². The Balaban J connectivity index is 2.55. The fraction of sp³-hybridized carbons (Fsp3) is 0.0625. The Morgan fingerprint density at radius 3 is 2.09 bits per heavy atom. The van der Waals surface area contributed by atoms with Gasteiger partial charge >= 0.3 is 6.18 Å². The van der Waals surface area contributed by atoms with Gasteiger partial charge in [-0.05, 0) is 30.3 Å². The molecule has 7 heteroatoms. The topological polar surface area (TPSA) is 44.0 Å². The minimum Gasteiger partial charge on any atom is -0.508 e. The first-order valence-corrected chi connectivity index (χ1v) is 6.03. The predicted octanol–water partition coefficient (Wildman–Crippen LogP) is 3.96. The van der Waals surface area contributed by atoms with Gasteiger partial charge in [-0.15, -0.1) is 0 Å². The van der Waals surface area contributed by atoms with E-state index in [4.69, 9.17) is 10.4 Å². The number of hydrogen-bond donors (Lipinski definition) is 1. The van der Waals surface area contributed by atoms with Crippen LogP contribution in [-0.2, 0) is 6.18 Å². The number of benzene rings is 2. The second-order valence-electron chi connectivity index (χ2n) is 4.40. The molecule has 0 spiro atoms. The Kier molecular flexibility index (Phi) is 4.24. The number of halogens is 5. The van der Waals surface area contributed by atoms with E-state index < -0.39 is 40.3 Å². The summed E-state index contributed by atoms with van der Waals surface area (Å²) >= 11 is 0. The van der Waals surface area contributed by atoms with E-state index in [1.807, 2.05) is 11.8 Å². The minimum absolute atomic E-state index is 0.272. The number of phenols is 1. The maximum absolute atomic E-state index is 13.6. The molecule has 23 heavy (non-hydrogen) atoms. The third kappa shape index (κ3) is 3.58. The molecule has 0 saturated heterocycles. The summed E-state index contributed by atoms with van der Waals surface area (Å²) in [6, 6.07) is 5.34. The molecule has 0 aliphatic heterocycles. The Labute approximate surface area is 127 Å². The molecular weight excluding hydrogens is 317 g/mol. The van der Waals surface area contributed by atoms with E-state index in [2.05, 4.69) is 0 Å². The van der Waals surface area contributed by atoms with Crippen LogP contribution in [0.5, 0.6) is 5.75 Å². The zero-order valence-corrected chi connectivity index (χ0v) is 11.2. The van der Waals surface area contributed by atoms with Gasteiger partial charge in [-0.25, -0.2) is 8.78 Å². The summed E-state index contributed by atoms with van der Waals surface area (Å²) in [6.45, 7) is 0. The van der Waals surface area contributed by atoms with Crippen molar-refractivity contribution < 1.29 is 27.1 Å². The summed E-state index contributed by atoms with van der Waals surface area (Å²) < 4.78 is 65.8. The number of nitrogens with zero attached hydrogens (tertiary/aromatic N) is 1. The maximum Gasteiger partial charge on any atom is 0.417 e. The highest BCUT2D eigenvalue weighted by Crippen LogP contribution is 2.33. The second-order valence-corrected chi connectivity index (χ2v) is 4.40. The van der Waals surface area contributed by atoms with E-state index in [0.717, 1.165) is 24.3 Å². The van der Waals surface area contributed by atoms with Crippen LogP contribution < -0.4 is 0 Å². The van der Waals surface area contributed by atoms with Gasteiger partial charge < -0.3 is 5.11 Å². The van der Waals surface area contributed by atoms with Crippen molar-refractivity contribution in [1.29, 1.82) is 5.26 Å². The first-order valence-electron chi connectivity index (χ1n) is 6.03. The molecule has 116 valence electrons. The summed E-state index contributed by atoms with van der Waals surface area (Å²) in [6.07, 6.45) is -4.79. The molecule has 0 aliphatic carbocycles. The molecule has 0 atom stereocenters. The molecule has 2 nitrogen and oxygen atoms in total. The molecule has 0 heterocycles. The monoisotopic (exact) mass is 323 g/mol. The molecule has 0 radical (unpaired) electrons. The Morgan fingerprint density at radius 1 is 0.957 bits per heavy atom. The van der Waals surface area contributed by atoms with Gasteiger partial charge in [0.1, 0.15) is 17.4 Å². The van der Waals surface area contributed by atoms with E-state index in [0.29, 0.717) is 6.07 Å². The van der Waals surface area contributed by atoms with Crippen LogP contribution >= 0.6 is 0 Å². The number of nitriles is 1. The lowest BCUT2D eigenvalue weighted by Crippen LogP contribution is -2.07. The highest BCUT2D eigenvalue weighted by atomic mass is 19.4. The highest BCUT2D eigenvalue weighted by Gasteiger charge is 2.33. The van der Waals surface area contributed by atoms with Crippen LogP contribution in [0, 0.1) is 34.8 Å². The molecule has 0 amide bonds. The molecule has 2 aromatic carbocycles. The molecule has 2 rings (SSSR count). The smallest absolute Gasteiger partial charge is 0.417 e. The summed E-state index contributed by atoms with van der Waals surface area (Å²) in [5.74, 6) is 1.11. The molecule has 0 aliphatic rings. The van der Waals surface area contributed by atoms with E-state index >= 15 is 0 Å². The Hall–Kier alpha value is -3.06. The number of aromatic hydroxyl groups is 1. The lowest BCUT2D eigenvalue weighted by Gasteiger charge is -2.09. The van der Waals surface area contributed by atoms with Crippen molar-refractivity contribution in [3.8, 4) is 23.7 Å². The molecular formula is C16H6F5NO. The molecule has 0 unspecified atom stereocenters. The summed E-state index contributed by atoms with van der Waals surface area (Å²) in [7, 11) is 0. The minimum atomic E-state index is -4.79. The summed E-state index contributed by atoms with van der Waals surface area (Å²) in [5, 5.41) is 17.7. The van der Waals surface area contributed by atoms with E-state index in [1.54, 1.807) is 6.07 Å². The second kappa shape index (κ2) is 5.98. The van der Waals surface area contributed by atoms with Gasteiger partial charge in [-0.3, -0.25) is 0 Å². The van der Waals surface area contributed by atoms with Crippen molar-refractivity contribution in [3.05, 3.63) is 64.2 Å². The van der Waals surface area contributed by atoms with Gasteiger partial charge in [0.05, 0.1) is 22.8 Å². The summed E-state index contributed by atoms with van der Waals surface area (Å²) in [4.78, 5) is 0. The average Bonchev–Trinajstić information content (AvgIpc) is 2.46. The van der Waals surface area contributed by atoms with Gasteiger partial charge in [-0.1, -0.05) is 11.8 Å². The zero-order chi connectivity index (χ0) is 17.2. The van der Waals surface area contributed by atoms with Crippen molar-refractivity contribution in [2.24, 2.45) is 0 Å². The quantitative estimate of drug-likeness (QED) is 0.589. The first-order chi connectivity index (χ1) is 10.7. The molecule has 0 fully saturated rings. The lowest BCUT2D eigenvalue weighted by atomic mass is 10.1. The Morgan fingerprint density at radius 2 is 1.57 bits per heavy atom. The zero-order valence-electron chi connectivity index (χ0n) is 11.2. The number of phenolic OH excluding ortho intramolecular Hbond substituents is 1. The van der Waals surface area contributed by atoms with Crippen molar-refractivity contribution in [2.45, 2.75) is 6.18 Å². The number of alkyl halides is 3. The standard InChI is InChI=1S/C16H6F5NO/c17-14-5-9(8-22)6-15(18)12(14)4-2-10-1-3-11(23)7-13(10)16(19,20)21/h1,3,5-7,23H. The maximum atomic E-state index is 13.6. The van der Waals surface area contributed by atoms with Gasteiger partial charge in [0, 0.05) is 5.56 Å². The van der Waals surface area contributed by atoms with Crippen LogP contribution in [0.1, 0.15) is 22.3 Å². The van der Waals surface area contributed by atoms with Crippen molar-refractivity contribution in [3.63, 3.8) is 0 Å². The molecule has 2 aromatic rings. The third-order valence-electron chi connectivity index (χ3n) is 2.80. The normalized spacial score (nSPS) is 10.6. The first kappa shape index (κ1) is 16.3. The van der Waals surface area contributed by atoms with Gasteiger partial charge in [0.15, 0.2) is 0 Å². The van der Waals surface area contributed by atoms with Crippen LogP contribution in [0.15, 0.2) is 30.3 Å². The largest absolute Gasteiger partial charge is 0.508 e. The van der Waals surface area contributed by atoms with Crippen molar-refractivity contribution in [1.82, 2.24) is 0 Å². The van der Waals surface area contributed by atoms with Crippen LogP contribution in [-0.4, -0.2) is 5.11 Å². The average molecular weight is 323 g/mol. The summed E-state index contributed by atoms with van der Waals surface area (Å²) in [5.41, 5.74) is -2.78.